The van der Waals surface area contributed by atoms with Gasteiger partial charge in [-0.15, -0.1) is 0 Å². The van der Waals surface area contributed by atoms with E-state index in [1.807, 2.05) is 67.6 Å². The smallest absolute Gasteiger partial charge is 0.255 e. The molecule has 0 aliphatic carbocycles. The molecule has 3 rings (SSSR count). The number of rotatable bonds is 5. The highest BCUT2D eigenvalue weighted by molar-refractivity contribution is 6.07. The lowest BCUT2D eigenvalue weighted by molar-refractivity contribution is -0.115. The minimum atomic E-state index is -0.210. The van der Waals surface area contributed by atoms with Crippen molar-refractivity contribution >= 4 is 23.2 Å². The molecule has 26 heavy (non-hydrogen) atoms. The molecule has 0 aliphatic heterocycles. The molecule has 0 saturated heterocycles. The van der Waals surface area contributed by atoms with Crippen molar-refractivity contribution in [2.45, 2.75) is 13.3 Å². The maximum Gasteiger partial charge on any atom is 0.255 e. The molecule has 0 aromatic heterocycles. The summed E-state index contributed by atoms with van der Waals surface area (Å²) >= 11 is 0. The van der Waals surface area contributed by atoms with E-state index in [1.165, 1.54) is 0 Å². The third kappa shape index (κ3) is 4.57. The fourth-order valence-electron chi connectivity index (χ4n) is 2.66. The van der Waals surface area contributed by atoms with Crippen LogP contribution in [0.1, 0.15) is 21.5 Å². The number of anilines is 2. The van der Waals surface area contributed by atoms with Crippen molar-refractivity contribution in [1.29, 1.82) is 0 Å². The number of para-hydroxylation sites is 2. The minimum Gasteiger partial charge on any atom is -0.324 e. The van der Waals surface area contributed by atoms with Gasteiger partial charge in [-0.05, 0) is 36.8 Å². The van der Waals surface area contributed by atoms with Gasteiger partial charge in [-0.2, -0.15) is 0 Å². The van der Waals surface area contributed by atoms with E-state index in [2.05, 4.69) is 10.6 Å². The lowest BCUT2D eigenvalue weighted by Crippen LogP contribution is -2.18. The van der Waals surface area contributed by atoms with Crippen molar-refractivity contribution in [2.24, 2.45) is 0 Å². The molecule has 0 atom stereocenters. The summed E-state index contributed by atoms with van der Waals surface area (Å²) in [6, 6.07) is 24.1. The highest BCUT2D eigenvalue weighted by Gasteiger charge is 2.11. The van der Waals surface area contributed by atoms with Gasteiger partial charge in [0.1, 0.15) is 0 Å². The van der Waals surface area contributed by atoms with Crippen LogP contribution in [-0.2, 0) is 11.2 Å². The van der Waals surface area contributed by atoms with Crippen molar-refractivity contribution in [3.63, 3.8) is 0 Å². The lowest BCUT2D eigenvalue weighted by atomic mass is 10.1. The zero-order valence-corrected chi connectivity index (χ0v) is 14.5. The van der Waals surface area contributed by atoms with Crippen molar-refractivity contribution < 1.29 is 9.59 Å². The van der Waals surface area contributed by atoms with Crippen molar-refractivity contribution in [3.05, 3.63) is 95.6 Å². The van der Waals surface area contributed by atoms with E-state index in [4.69, 9.17) is 0 Å². The molecule has 0 aliphatic rings. The Bertz CT molecular complexity index is 920. The molecule has 4 heteroatoms. The summed E-state index contributed by atoms with van der Waals surface area (Å²) in [5.74, 6) is -0.341. The second-order valence-corrected chi connectivity index (χ2v) is 6.08. The summed E-state index contributed by atoms with van der Waals surface area (Å²) < 4.78 is 0. The molecule has 0 fully saturated rings. The molecule has 0 radical (unpaired) electrons. The number of benzene rings is 3. The fraction of sp³-hybridized carbons (Fsp3) is 0.0909. The van der Waals surface area contributed by atoms with Crippen molar-refractivity contribution in [2.75, 3.05) is 10.6 Å². The standard InChI is InChI=1S/C22H20N2O2/c1-16-8-7-11-18(14-16)22(26)24-20-13-6-5-12-19(20)23-21(25)15-17-9-3-2-4-10-17/h2-14H,15H2,1H3,(H,23,25)(H,24,26). The van der Waals surface area contributed by atoms with Crippen LogP contribution in [0.4, 0.5) is 11.4 Å². The van der Waals surface area contributed by atoms with Crippen LogP contribution in [0, 0.1) is 6.92 Å². The molecule has 0 spiro atoms. The van der Waals surface area contributed by atoms with E-state index < -0.39 is 0 Å². The Morgan fingerprint density at radius 2 is 1.42 bits per heavy atom. The Labute approximate surface area is 152 Å². The Morgan fingerprint density at radius 3 is 2.12 bits per heavy atom. The first-order chi connectivity index (χ1) is 12.6. The number of amides is 2. The Morgan fingerprint density at radius 1 is 0.769 bits per heavy atom. The molecule has 3 aromatic carbocycles. The zero-order chi connectivity index (χ0) is 18.4. The van der Waals surface area contributed by atoms with E-state index in [9.17, 15) is 9.59 Å². The van der Waals surface area contributed by atoms with Gasteiger partial charge in [0, 0.05) is 5.56 Å². The first-order valence-corrected chi connectivity index (χ1v) is 8.42. The molecule has 0 saturated carbocycles. The van der Waals surface area contributed by atoms with Gasteiger partial charge in [0.2, 0.25) is 5.91 Å². The summed E-state index contributed by atoms with van der Waals surface area (Å²) in [5.41, 5.74) is 3.68. The first kappa shape index (κ1) is 17.4. The van der Waals surface area contributed by atoms with E-state index >= 15 is 0 Å². The van der Waals surface area contributed by atoms with Crippen LogP contribution in [0.3, 0.4) is 0 Å². The highest BCUT2D eigenvalue weighted by Crippen LogP contribution is 2.22. The first-order valence-electron chi connectivity index (χ1n) is 8.42. The van der Waals surface area contributed by atoms with Gasteiger partial charge in [0.25, 0.3) is 5.91 Å². The summed E-state index contributed by atoms with van der Waals surface area (Å²) in [6.07, 6.45) is 0.279. The Balaban J connectivity index is 1.71. The van der Waals surface area contributed by atoms with Gasteiger partial charge in [-0.25, -0.2) is 0 Å². The SMILES string of the molecule is Cc1cccc(C(=O)Nc2ccccc2NC(=O)Cc2ccccc2)c1. The summed E-state index contributed by atoms with van der Waals surface area (Å²) in [7, 11) is 0. The molecule has 4 nitrogen and oxygen atoms in total. The van der Waals surface area contributed by atoms with Crippen LogP contribution in [-0.4, -0.2) is 11.8 Å². The normalized spacial score (nSPS) is 10.2. The largest absolute Gasteiger partial charge is 0.324 e. The summed E-state index contributed by atoms with van der Waals surface area (Å²) in [5, 5.41) is 5.74. The molecule has 2 amide bonds. The number of nitrogens with one attached hydrogen (secondary N) is 2. The number of carbonyl (C=O) groups is 2. The molecular weight excluding hydrogens is 324 g/mol. The van der Waals surface area contributed by atoms with Gasteiger partial charge >= 0.3 is 0 Å². The van der Waals surface area contributed by atoms with Crippen LogP contribution in [0.25, 0.3) is 0 Å². The lowest BCUT2D eigenvalue weighted by Gasteiger charge is -2.12. The van der Waals surface area contributed by atoms with E-state index in [0.29, 0.717) is 16.9 Å². The minimum absolute atomic E-state index is 0.131. The molecule has 2 N–H and O–H groups in total. The maximum absolute atomic E-state index is 12.5. The van der Waals surface area contributed by atoms with Crippen LogP contribution >= 0.6 is 0 Å². The molecule has 0 unspecified atom stereocenters. The predicted molar refractivity (Wildman–Crippen MR) is 104 cm³/mol. The van der Waals surface area contributed by atoms with Crippen molar-refractivity contribution in [1.82, 2.24) is 0 Å². The van der Waals surface area contributed by atoms with Gasteiger partial charge in [0.05, 0.1) is 17.8 Å². The van der Waals surface area contributed by atoms with Crippen molar-refractivity contribution in [3.8, 4) is 0 Å². The fourth-order valence-corrected chi connectivity index (χ4v) is 2.66. The van der Waals surface area contributed by atoms with Crippen LogP contribution in [0.2, 0.25) is 0 Å². The topological polar surface area (TPSA) is 58.2 Å². The molecule has 0 heterocycles. The Kier molecular flexibility index (Phi) is 5.44. The monoisotopic (exact) mass is 344 g/mol. The second kappa shape index (κ2) is 8.12. The molecule has 130 valence electrons. The second-order valence-electron chi connectivity index (χ2n) is 6.08. The van der Waals surface area contributed by atoms with Crippen LogP contribution in [0.5, 0.6) is 0 Å². The highest BCUT2D eigenvalue weighted by atomic mass is 16.2. The van der Waals surface area contributed by atoms with Crippen LogP contribution < -0.4 is 10.6 Å². The number of aryl methyl sites for hydroxylation is 1. The molecule has 0 bridgehead atoms. The third-order valence-electron chi connectivity index (χ3n) is 3.94. The summed E-state index contributed by atoms with van der Waals surface area (Å²) in [6.45, 7) is 1.94. The molecule has 3 aromatic rings. The number of hydrogen-bond acceptors (Lipinski definition) is 2. The third-order valence-corrected chi connectivity index (χ3v) is 3.94. The Hall–Kier alpha value is -3.40. The van der Waals surface area contributed by atoms with Gasteiger partial charge < -0.3 is 10.6 Å². The van der Waals surface area contributed by atoms with Gasteiger partial charge in [-0.1, -0.05) is 60.2 Å². The van der Waals surface area contributed by atoms with Crippen LogP contribution in [0.15, 0.2) is 78.9 Å². The quantitative estimate of drug-likeness (QED) is 0.719. The maximum atomic E-state index is 12.5. The van der Waals surface area contributed by atoms with Gasteiger partial charge in [0.15, 0.2) is 0 Å². The predicted octanol–water partition coefficient (Wildman–Crippen LogP) is 4.43. The number of carbonyl (C=O) groups excluding carboxylic acids is 2. The summed E-state index contributed by atoms with van der Waals surface area (Å²) in [4.78, 5) is 24.8. The number of hydrogen-bond donors (Lipinski definition) is 2. The van der Waals surface area contributed by atoms with E-state index in [-0.39, 0.29) is 18.2 Å². The van der Waals surface area contributed by atoms with E-state index in [1.54, 1.807) is 18.2 Å². The van der Waals surface area contributed by atoms with E-state index in [0.717, 1.165) is 11.1 Å². The molecular formula is C22H20N2O2. The van der Waals surface area contributed by atoms with Gasteiger partial charge in [-0.3, -0.25) is 9.59 Å². The zero-order valence-electron chi connectivity index (χ0n) is 14.5. The average Bonchev–Trinajstić information content (AvgIpc) is 2.64. The average molecular weight is 344 g/mol.